The first-order chi connectivity index (χ1) is 22.4. The maximum atomic E-state index is 12.7. The van der Waals surface area contributed by atoms with Gasteiger partial charge in [0.05, 0.1) is 52.8 Å². The van der Waals surface area contributed by atoms with E-state index in [-0.39, 0.29) is 24.4 Å². The Morgan fingerprint density at radius 2 is 2.13 bits per heavy atom. The molecule has 4 aromatic rings. The number of hydrogen-bond acceptors (Lipinski definition) is 9. The maximum Gasteiger partial charge on any atom is 0.319 e. The molecule has 1 amide bonds. The fourth-order valence-electron chi connectivity index (χ4n) is 7.17. The van der Waals surface area contributed by atoms with Gasteiger partial charge < -0.3 is 24.2 Å². The predicted octanol–water partition coefficient (Wildman–Crippen LogP) is 5.05. The van der Waals surface area contributed by atoms with Crippen molar-refractivity contribution in [3.8, 4) is 29.0 Å². The number of likely N-dealkylation sites (N-methyl/N-ethyl adjacent to an activating group) is 1. The van der Waals surface area contributed by atoms with Crippen LogP contribution in [0.3, 0.4) is 0 Å². The predicted molar refractivity (Wildman–Crippen MR) is 177 cm³/mol. The monoisotopic (exact) mass is 640 g/mol. The number of amides is 1. The van der Waals surface area contributed by atoms with Crippen LogP contribution in [0.15, 0.2) is 31.0 Å². The highest BCUT2D eigenvalue weighted by Crippen LogP contribution is 2.47. The highest BCUT2D eigenvalue weighted by atomic mass is 35.5. The number of ether oxygens (including phenoxy) is 2. The van der Waals surface area contributed by atoms with Crippen LogP contribution >= 0.6 is 11.6 Å². The molecule has 1 unspecified atom stereocenters. The van der Waals surface area contributed by atoms with Gasteiger partial charge in [0.25, 0.3) is 0 Å². The summed E-state index contributed by atoms with van der Waals surface area (Å²) < 4.78 is 12.8. The standard InChI is InChI=1S/C34H37ClN8O3/c1-4-28(44)43-13-12-42(18-21(43)9-10-36)33-30-27(38-34(39-33)46-19-22-7-5-11-41(22)3)16-24(23-8-6-14-45-32(23)30)29-25-17-37-40-26(25)15-20(2)31(29)35/h4,15-17,21-22H,1,5-9,11-14,18-19H2,2-3H3,(H,37,40)/t21-,22?/m0/s1. The van der Waals surface area contributed by atoms with Crippen LogP contribution in [0, 0.1) is 18.3 Å². The molecular formula is C34H37ClN8O3. The number of fused-ring (bicyclic) bond motifs is 4. The zero-order chi connectivity index (χ0) is 31.9. The van der Waals surface area contributed by atoms with E-state index in [2.05, 4.69) is 45.8 Å². The molecule has 2 saturated heterocycles. The number of carbonyl (C=O) groups is 1. The van der Waals surface area contributed by atoms with Gasteiger partial charge in [0, 0.05) is 42.2 Å². The van der Waals surface area contributed by atoms with E-state index in [9.17, 15) is 10.1 Å². The van der Waals surface area contributed by atoms with Crippen molar-refractivity contribution in [1.29, 1.82) is 5.26 Å². The Morgan fingerprint density at radius 3 is 2.91 bits per heavy atom. The zero-order valence-electron chi connectivity index (χ0n) is 26.2. The number of nitrogens with one attached hydrogen (secondary N) is 1. The van der Waals surface area contributed by atoms with Gasteiger partial charge in [-0.2, -0.15) is 20.3 Å². The molecular weight excluding hydrogens is 604 g/mol. The summed E-state index contributed by atoms with van der Waals surface area (Å²) in [7, 11) is 2.12. The van der Waals surface area contributed by atoms with Gasteiger partial charge in [-0.05, 0) is 75.5 Å². The molecule has 0 bridgehead atoms. The number of halogens is 1. The summed E-state index contributed by atoms with van der Waals surface area (Å²) in [6.45, 7) is 9.14. The van der Waals surface area contributed by atoms with Crippen LogP contribution < -0.4 is 14.4 Å². The summed E-state index contributed by atoms with van der Waals surface area (Å²) in [6, 6.07) is 6.61. The summed E-state index contributed by atoms with van der Waals surface area (Å²) in [5.41, 5.74) is 5.45. The van der Waals surface area contributed by atoms with E-state index in [1.54, 1.807) is 4.90 Å². The van der Waals surface area contributed by atoms with E-state index in [0.29, 0.717) is 55.2 Å². The first-order valence-electron chi connectivity index (χ1n) is 15.9. The molecule has 0 spiro atoms. The first-order valence-corrected chi connectivity index (χ1v) is 16.3. The normalized spacial score (nSPS) is 20.0. The quantitative estimate of drug-likeness (QED) is 0.276. The number of anilines is 1. The minimum absolute atomic E-state index is 0.178. The zero-order valence-corrected chi connectivity index (χ0v) is 26.9. The van der Waals surface area contributed by atoms with Crippen LogP contribution in [0.4, 0.5) is 5.82 Å². The third-order valence-electron chi connectivity index (χ3n) is 9.60. The number of aromatic amines is 1. The van der Waals surface area contributed by atoms with Gasteiger partial charge in [-0.1, -0.05) is 18.2 Å². The van der Waals surface area contributed by atoms with Gasteiger partial charge in [-0.3, -0.25) is 9.89 Å². The van der Waals surface area contributed by atoms with Crippen molar-refractivity contribution in [1.82, 2.24) is 30.0 Å². The lowest BCUT2D eigenvalue weighted by Crippen LogP contribution is -2.55. The number of carbonyl (C=O) groups excluding carboxylic acids is 1. The second-order valence-corrected chi connectivity index (χ2v) is 12.8. The molecule has 11 nitrogen and oxygen atoms in total. The van der Waals surface area contributed by atoms with E-state index in [4.69, 9.17) is 31.0 Å². The van der Waals surface area contributed by atoms with Crippen molar-refractivity contribution in [2.75, 3.05) is 51.3 Å². The van der Waals surface area contributed by atoms with Crippen LogP contribution in [0.25, 0.3) is 32.9 Å². The van der Waals surface area contributed by atoms with Crippen molar-refractivity contribution in [2.24, 2.45) is 0 Å². The molecule has 2 aromatic carbocycles. The van der Waals surface area contributed by atoms with Gasteiger partial charge in [0.15, 0.2) is 0 Å². The fraction of sp³-hybridized carbons (Fsp3) is 0.441. The second-order valence-electron chi connectivity index (χ2n) is 12.4. The summed E-state index contributed by atoms with van der Waals surface area (Å²) in [6.07, 6.45) is 7.18. The summed E-state index contributed by atoms with van der Waals surface area (Å²) in [5.74, 6) is 1.25. The Bertz CT molecular complexity index is 1880. The summed E-state index contributed by atoms with van der Waals surface area (Å²) in [5, 5.41) is 19.5. The molecule has 7 rings (SSSR count). The van der Waals surface area contributed by atoms with Crippen LogP contribution in [0.1, 0.15) is 36.8 Å². The molecule has 2 fully saturated rings. The largest absolute Gasteiger partial charge is 0.492 e. The third-order valence-corrected chi connectivity index (χ3v) is 10.1. The molecule has 2 aromatic heterocycles. The summed E-state index contributed by atoms with van der Waals surface area (Å²) >= 11 is 7.06. The lowest BCUT2D eigenvalue weighted by atomic mass is 9.90. The number of piperazine rings is 1. The summed E-state index contributed by atoms with van der Waals surface area (Å²) in [4.78, 5) is 28.9. The Hall–Kier alpha value is -4.40. The number of nitrogens with zero attached hydrogens (tertiary/aromatic N) is 7. The Labute approximate surface area is 272 Å². The van der Waals surface area contributed by atoms with E-state index >= 15 is 0 Å². The number of aryl methyl sites for hydroxylation is 1. The third kappa shape index (κ3) is 5.29. The van der Waals surface area contributed by atoms with Crippen molar-refractivity contribution in [2.45, 2.75) is 51.1 Å². The average Bonchev–Trinajstić information content (AvgIpc) is 3.71. The minimum Gasteiger partial charge on any atom is -0.492 e. The van der Waals surface area contributed by atoms with E-state index < -0.39 is 0 Å². The van der Waals surface area contributed by atoms with Crippen LogP contribution in [-0.2, 0) is 11.2 Å². The Morgan fingerprint density at radius 1 is 1.26 bits per heavy atom. The molecule has 2 atom stereocenters. The SMILES string of the molecule is C=CC(=O)N1CCN(c2nc(OCC3CCCN3C)nc3cc(-c4c(Cl)c(C)cc5[nH]ncc45)c4c(c23)OCCC4)C[C@@H]1CC#N. The average molecular weight is 641 g/mol. The number of H-pyrrole nitrogens is 1. The van der Waals surface area contributed by atoms with E-state index in [1.807, 2.05) is 19.2 Å². The van der Waals surface area contributed by atoms with Crippen molar-refractivity contribution in [3.63, 3.8) is 0 Å². The molecule has 0 saturated carbocycles. The highest BCUT2D eigenvalue weighted by Gasteiger charge is 2.34. The number of rotatable bonds is 7. The first kappa shape index (κ1) is 30.3. The van der Waals surface area contributed by atoms with Crippen molar-refractivity contribution < 1.29 is 14.3 Å². The topological polar surface area (TPSA) is 124 Å². The maximum absolute atomic E-state index is 12.7. The van der Waals surface area contributed by atoms with Gasteiger partial charge in [-0.15, -0.1) is 0 Å². The van der Waals surface area contributed by atoms with Crippen LogP contribution in [-0.4, -0.2) is 94.4 Å². The van der Waals surface area contributed by atoms with Gasteiger partial charge in [-0.25, -0.2) is 0 Å². The molecule has 46 heavy (non-hydrogen) atoms. The molecule has 3 aliphatic heterocycles. The van der Waals surface area contributed by atoms with Crippen LogP contribution in [0.2, 0.25) is 5.02 Å². The molecule has 5 heterocycles. The van der Waals surface area contributed by atoms with E-state index in [1.165, 1.54) is 6.08 Å². The number of aromatic nitrogens is 4. The molecule has 238 valence electrons. The Kier molecular flexibility index (Phi) is 8.17. The second kappa shape index (κ2) is 12.4. The van der Waals surface area contributed by atoms with Crippen molar-refractivity contribution >= 4 is 45.1 Å². The van der Waals surface area contributed by atoms with Gasteiger partial charge in [0.1, 0.15) is 18.2 Å². The number of hydrogen-bond donors (Lipinski definition) is 1. The number of likely N-dealkylation sites (tertiary alicyclic amines) is 1. The molecule has 3 aliphatic rings. The molecule has 1 N–H and O–H groups in total. The van der Waals surface area contributed by atoms with E-state index in [0.717, 1.165) is 76.5 Å². The molecule has 0 aliphatic carbocycles. The number of benzene rings is 2. The lowest BCUT2D eigenvalue weighted by Gasteiger charge is -2.41. The van der Waals surface area contributed by atoms with Gasteiger partial charge >= 0.3 is 6.01 Å². The smallest absolute Gasteiger partial charge is 0.319 e. The minimum atomic E-state index is -0.317. The molecule has 12 heteroatoms. The van der Waals surface area contributed by atoms with Crippen molar-refractivity contribution in [3.05, 3.63) is 47.1 Å². The van der Waals surface area contributed by atoms with Gasteiger partial charge in [0.2, 0.25) is 5.91 Å². The Balaban J connectivity index is 1.41. The molecule has 0 radical (unpaired) electrons. The number of nitriles is 1. The lowest BCUT2D eigenvalue weighted by molar-refractivity contribution is -0.128. The highest BCUT2D eigenvalue weighted by molar-refractivity contribution is 6.36. The fourth-order valence-corrected chi connectivity index (χ4v) is 7.43. The van der Waals surface area contributed by atoms with Crippen LogP contribution in [0.5, 0.6) is 11.8 Å².